The second-order valence-corrected chi connectivity index (χ2v) is 9.15. The molecule has 0 saturated carbocycles. The molecule has 0 aliphatic rings. The van der Waals surface area contributed by atoms with Crippen LogP contribution in [0.25, 0.3) is 38.4 Å². The van der Waals surface area contributed by atoms with Crippen LogP contribution in [0.3, 0.4) is 0 Å². The Kier molecular flexibility index (Phi) is 6.19. The Morgan fingerprint density at radius 2 is 1.91 bits per heavy atom. The number of rotatable bonds is 7. The van der Waals surface area contributed by atoms with Crippen molar-refractivity contribution in [2.75, 3.05) is 6.61 Å². The molecule has 0 aliphatic heterocycles. The van der Waals surface area contributed by atoms with Crippen molar-refractivity contribution in [2.45, 2.75) is 20.4 Å². The van der Waals surface area contributed by atoms with Gasteiger partial charge in [-0.1, -0.05) is 42.5 Å². The van der Waals surface area contributed by atoms with Crippen LogP contribution in [-0.4, -0.2) is 12.5 Å². The Morgan fingerprint density at radius 1 is 1.06 bits per heavy atom. The van der Waals surface area contributed by atoms with Crippen molar-refractivity contribution in [3.8, 4) is 16.9 Å². The highest BCUT2D eigenvalue weighted by Crippen LogP contribution is 2.38. The SMILES string of the molecule is CCOc1cc2occ(-c3ccc4ccccc4c3)c2cc1/C(C)=C/C(=O)NCc1cccs1. The molecule has 0 atom stereocenters. The number of hydrogen-bond donors (Lipinski definition) is 1. The third-order valence-corrected chi connectivity index (χ3v) is 6.70. The van der Waals surface area contributed by atoms with E-state index in [-0.39, 0.29) is 5.91 Å². The number of amides is 1. The average Bonchev–Trinajstić information content (AvgIpc) is 3.52. The van der Waals surface area contributed by atoms with Gasteiger partial charge in [-0.15, -0.1) is 11.3 Å². The van der Waals surface area contributed by atoms with Crippen LogP contribution in [-0.2, 0) is 11.3 Å². The van der Waals surface area contributed by atoms with Gasteiger partial charge >= 0.3 is 0 Å². The molecule has 2 aromatic heterocycles. The van der Waals surface area contributed by atoms with Crippen molar-refractivity contribution in [1.29, 1.82) is 0 Å². The Bertz CT molecular complexity index is 1490. The summed E-state index contributed by atoms with van der Waals surface area (Å²) < 4.78 is 11.8. The van der Waals surface area contributed by atoms with E-state index < -0.39 is 0 Å². The van der Waals surface area contributed by atoms with E-state index in [2.05, 4.69) is 41.7 Å². The van der Waals surface area contributed by atoms with Crippen molar-refractivity contribution >= 4 is 44.6 Å². The molecular weight excluding hydrogens is 442 g/mol. The third-order valence-electron chi connectivity index (χ3n) is 5.83. The van der Waals surface area contributed by atoms with Gasteiger partial charge in [0.2, 0.25) is 5.91 Å². The molecule has 1 N–H and O–H groups in total. The molecule has 2 heterocycles. The number of allylic oxidation sites excluding steroid dienone is 1. The number of nitrogens with one attached hydrogen (secondary N) is 1. The van der Waals surface area contributed by atoms with Crippen LogP contribution in [0.1, 0.15) is 24.3 Å². The fourth-order valence-electron chi connectivity index (χ4n) is 4.13. The minimum absolute atomic E-state index is 0.129. The Morgan fingerprint density at radius 3 is 2.71 bits per heavy atom. The number of fused-ring (bicyclic) bond motifs is 2. The topological polar surface area (TPSA) is 51.5 Å². The maximum atomic E-state index is 12.6. The Labute approximate surface area is 202 Å². The van der Waals surface area contributed by atoms with Gasteiger partial charge in [0.1, 0.15) is 11.3 Å². The molecule has 0 fully saturated rings. The zero-order valence-corrected chi connectivity index (χ0v) is 19.9. The summed E-state index contributed by atoms with van der Waals surface area (Å²) in [5.41, 5.74) is 4.57. The van der Waals surface area contributed by atoms with E-state index in [1.54, 1.807) is 23.7 Å². The summed E-state index contributed by atoms with van der Waals surface area (Å²) in [5.74, 6) is 0.574. The highest BCUT2D eigenvalue weighted by Gasteiger charge is 2.15. The second-order valence-electron chi connectivity index (χ2n) is 8.11. The summed E-state index contributed by atoms with van der Waals surface area (Å²) in [7, 11) is 0. The van der Waals surface area contributed by atoms with E-state index in [0.717, 1.165) is 38.1 Å². The van der Waals surface area contributed by atoms with Crippen LogP contribution in [0.5, 0.6) is 5.75 Å². The molecule has 5 heteroatoms. The fourth-order valence-corrected chi connectivity index (χ4v) is 4.78. The van der Waals surface area contributed by atoms with Gasteiger partial charge < -0.3 is 14.5 Å². The van der Waals surface area contributed by atoms with Crippen molar-refractivity contribution < 1.29 is 13.9 Å². The average molecular weight is 468 g/mol. The van der Waals surface area contributed by atoms with Gasteiger partial charge in [-0.2, -0.15) is 0 Å². The van der Waals surface area contributed by atoms with E-state index in [1.807, 2.05) is 49.6 Å². The first-order valence-corrected chi connectivity index (χ1v) is 12.2. The van der Waals surface area contributed by atoms with E-state index in [1.165, 1.54) is 10.8 Å². The van der Waals surface area contributed by atoms with E-state index in [0.29, 0.717) is 18.9 Å². The van der Waals surface area contributed by atoms with Crippen LogP contribution < -0.4 is 10.1 Å². The standard InChI is InChI=1S/C29H25NO3S/c1-3-32-27-16-28-25(15-24(27)19(2)13-29(31)30-17-23-9-6-12-34-23)26(18-33-28)22-11-10-20-7-4-5-8-21(20)14-22/h4-16,18H,3,17H2,1-2H3,(H,30,31)/b19-13+. The first kappa shape index (κ1) is 22.0. The number of hydrogen-bond acceptors (Lipinski definition) is 4. The molecule has 34 heavy (non-hydrogen) atoms. The van der Waals surface area contributed by atoms with Gasteiger partial charge in [-0.25, -0.2) is 0 Å². The quantitative estimate of drug-likeness (QED) is 0.253. The van der Waals surface area contributed by atoms with Gasteiger partial charge in [-0.3, -0.25) is 4.79 Å². The number of furan rings is 1. The predicted octanol–water partition coefficient (Wildman–Crippen LogP) is 7.43. The molecule has 0 spiro atoms. The summed E-state index contributed by atoms with van der Waals surface area (Å²) in [4.78, 5) is 13.7. The van der Waals surface area contributed by atoms with Crippen LogP contribution in [0.2, 0.25) is 0 Å². The second kappa shape index (κ2) is 9.57. The Balaban J connectivity index is 1.52. The predicted molar refractivity (Wildman–Crippen MR) is 140 cm³/mol. The molecule has 5 rings (SSSR count). The monoisotopic (exact) mass is 467 g/mol. The van der Waals surface area contributed by atoms with Gasteiger partial charge in [-0.05, 0) is 59.3 Å². The first-order chi connectivity index (χ1) is 16.6. The van der Waals surface area contributed by atoms with Crippen molar-refractivity contribution in [1.82, 2.24) is 5.32 Å². The molecule has 170 valence electrons. The van der Waals surface area contributed by atoms with Crippen LogP contribution in [0.15, 0.2) is 88.9 Å². The lowest BCUT2D eigenvalue weighted by Gasteiger charge is -2.12. The molecule has 0 saturated heterocycles. The molecule has 0 bridgehead atoms. The largest absolute Gasteiger partial charge is 0.493 e. The summed E-state index contributed by atoms with van der Waals surface area (Å²) in [6, 6.07) is 22.7. The van der Waals surface area contributed by atoms with Crippen LogP contribution in [0, 0.1) is 0 Å². The van der Waals surface area contributed by atoms with Crippen molar-refractivity contribution in [3.63, 3.8) is 0 Å². The molecule has 1 amide bonds. The summed E-state index contributed by atoms with van der Waals surface area (Å²) in [5, 5.41) is 8.33. The van der Waals surface area contributed by atoms with Gasteiger partial charge in [0.25, 0.3) is 0 Å². The maximum Gasteiger partial charge on any atom is 0.244 e. The van der Waals surface area contributed by atoms with E-state index in [9.17, 15) is 4.79 Å². The van der Waals surface area contributed by atoms with Gasteiger partial charge in [0, 0.05) is 33.5 Å². The molecule has 0 unspecified atom stereocenters. The third kappa shape index (κ3) is 4.47. The smallest absolute Gasteiger partial charge is 0.244 e. The molecule has 0 aliphatic carbocycles. The number of thiophene rings is 1. The number of benzene rings is 3. The first-order valence-electron chi connectivity index (χ1n) is 11.3. The molecule has 0 radical (unpaired) electrons. The highest BCUT2D eigenvalue weighted by molar-refractivity contribution is 7.09. The highest BCUT2D eigenvalue weighted by atomic mass is 32.1. The van der Waals surface area contributed by atoms with Crippen LogP contribution in [0.4, 0.5) is 0 Å². The number of carbonyl (C=O) groups excluding carboxylic acids is 1. The lowest BCUT2D eigenvalue weighted by atomic mass is 9.97. The summed E-state index contributed by atoms with van der Waals surface area (Å²) in [6.07, 6.45) is 3.42. The number of carbonyl (C=O) groups is 1. The lowest BCUT2D eigenvalue weighted by Crippen LogP contribution is -2.20. The fraction of sp³-hybridized carbons (Fsp3) is 0.138. The van der Waals surface area contributed by atoms with Crippen molar-refractivity contribution in [2.24, 2.45) is 0 Å². The molecule has 4 nitrogen and oxygen atoms in total. The molecular formula is C29H25NO3S. The molecule has 3 aromatic carbocycles. The Hall–Kier alpha value is -3.83. The normalized spacial score (nSPS) is 11.8. The minimum Gasteiger partial charge on any atom is -0.493 e. The number of ether oxygens (including phenoxy) is 1. The van der Waals surface area contributed by atoms with E-state index >= 15 is 0 Å². The van der Waals surface area contributed by atoms with E-state index in [4.69, 9.17) is 9.15 Å². The minimum atomic E-state index is -0.129. The zero-order valence-electron chi connectivity index (χ0n) is 19.1. The summed E-state index contributed by atoms with van der Waals surface area (Å²) in [6.45, 7) is 4.92. The summed E-state index contributed by atoms with van der Waals surface area (Å²) >= 11 is 1.63. The zero-order chi connectivity index (χ0) is 23.5. The van der Waals surface area contributed by atoms with Gasteiger partial charge in [0.05, 0.1) is 19.4 Å². The lowest BCUT2D eigenvalue weighted by molar-refractivity contribution is -0.116. The maximum absolute atomic E-state index is 12.6. The van der Waals surface area contributed by atoms with Crippen molar-refractivity contribution in [3.05, 3.63) is 94.9 Å². The van der Waals surface area contributed by atoms with Crippen LogP contribution >= 0.6 is 11.3 Å². The van der Waals surface area contributed by atoms with Gasteiger partial charge in [0.15, 0.2) is 0 Å². The molecule has 5 aromatic rings.